The molecule has 0 spiro atoms. The van der Waals surface area contributed by atoms with Crippen LogP contribution in [0.25, 0.3) is 0 Å². The van der Waals surface area contributed by atoms with Gasteiger partial charge in [0.2, 0.25) is 0 Å². The summed E-state index contributed by atoms with van der Waals surface area (Å²) in [5, 5.41) is 9.89. The van der Waals surface area contributed by atoms with Crippen molar-refractivity contribution >= 4 is 17.3 Å². The Hall–Kier alpha value is -0.940. The average molecular weight is 227 g/mol. The second-order valence-corrected chi connectivity index (χ2v) is 4.73. The molecule has 82 valence electrons. The monoisotopic (exact) mass is 227 g/mol. The molecule has 1 aromatic rings. The summed E-state index contributed by atoms with van der Waals surface area (Å²) in [4.78, 5) is 15.8. The van der Waals surface area contributed by atoms with Crippen LogP contribution in [0.2, 0.25) is 0 Å². The van der Waals surface area contributed by atoms with E-state index in [0.717, 1.165) is 23.5 Å². The van der Waals surface area contributed by atoms with Gasteiger partial charge in [-0.1, -0.05) is 0 Å². The molecule has 0 amide bonds. The Morgan fingerprint density at radius 2 is 2.40 bits per heavy atom. The molecule has 1 aromatic heterocycles. The summed E-state index contributed by atoms with van der Waals surface area (Å²) in [5.41, 5.74) is 0.790. The minimum Gasteiger partial charge on any atom is -0.477 e. The van der Waals surface area contributed by atoms with Crippen molar-refractivity contribution < 1.29 is 14.6 Å². The minimum atomic E-state index is -0.849. The highest BCUT2D eigenvalue weighted by atomic mass is 32.1. The summed E-state index contributed by atoms with van der Waals surface area (Å²) >= 11 is 1.29. The number of ether oxygens (including phenoxy) is 1. The Bertz CT molecular complexity index is 371. The Kier molecular flexibility index (Phi) is 3.02. The van der Waals surface area contributed by atoms with Gasteiger partial charge in [-0.25, -0.2) is 9.78 Å². The van der Waals surface area contributed by atoms with Crippen LogP contribution in [-0.4, -0.2) is 29.8 Å². The summed E-state index contributed by atoms with van der Waals surface area (Å²) < 4.78 is 4.95. The van der Waals surface area contributed by atoms with Crippen LogP contribution < -0.4 is 0 Å². The highest BCUT2D eigenvalue weighted by Crippen LogP contribution is 2.42. The summed E-state index contributed by atoms with van der Waals surface area (Å²) in [7, 11) is 1.63. The number of hydrogen-bond acceptors (Lipinski definition) is 4. The Morgan fingerprint density at radius 1 is 1.67 bits per heavy atom. The molecular weight excluding hydrogens is 214 g/mol. The molecule has 0 bridgehead atoms. The number of carboxylic acid groups (broad SMARTS) is 1. The Morgan fingerprint density at radius 3 is 2.93 bits per heavy atom. The van der Waals surface area contributed by atoms with Gasteiger partial charge < -0.3 is 9.84 Å². The lowest BCUT2D eigenvalue weighted by Gasteiger charge is -1.93. The van der Waals surface area contributed by atoms with E-state index in [4.69, 9.17) is 9.84 Å². The van der Waals surface area contributed by atoms with E-state index in [1.807, 2.05) is 0 Å². The SMILES string of the molecule is COCCc1nc(C2CC2)c(C(=O)O)s1. The topological polar surface area (TPSA) is 59.4 Å². The normalized spacial score (nSPS) is 15.5. The van der Waals surface area contributed by atoms with Crippen LogP contribution in [0, 0.1) is 0 Å². The minimum absolute atomic E-state index is 0.392. The van der Waals surface area contributed by atoms with Crippen molar-refractivity contribution in [2.24, 2.45) is 0 Å². The lowest BCUT2D eigenvalue weighted by atomic mass is 10.2. The van der Waals surface area contributed by atoms with E-state index in [2.05, 4.69) is 4.98 Å². The number of aromatic nitrogens is 1. The number of carboxylic acids is 1. The number of carbonyl (C=O) groups is 1. The first-order chi connectivity index (χ1) is 7.22. The van der Waals surface area contributed by atoms with Gasteiger partial charge in [0.1, 0.15) is 4.88 Å². The fraction of sp³-hybridized carbons (Fsp3) is 0.600. The van der Waals surface area contributed by atoms with Crippen LogP contribution in [0.4, 0.5) is 0 Å². The molecule has 0 radical (unpaired) electrons. The van der Waals surface area contributed by atoms with Crippen LogP contribution in [0.15, 0.2) is 0 Å². The highest BCUT2D eigenvalue weighted by Gasteiger charge is 2.31. The first kappa shape index (κ1) is 10.6. The van der Waals surface area contributed by atoms with E-state index >= 15 is 0 Å². The van der Waals surface area contributed by atoms with Crippen molar-refractivity contribution in [1.82, 2.24) is 4.98 Å². The molecule has 0 saturated heterocycles. The van der Waals surface area contributed by atoms with Gasteiger partial charge in [0.15, 0.2) is 0 Å². The second-order valence-electron chi connectivity index (χ2n) is 3.64. The van der Waals surface area contributed by atoms with Crippen LogP contribution >= 0.6 is 11.3 Å². The molecule has 0 aliphatic heterocycles. The number of rotatable bonds is 5. The second kappa shape index (κ2) is 4.28. The summed E-state index contributed by atoms with van der Waals surface area (Å²) in [6.07, 6.45) is 2.86. The number of nitrogens with zero attached hydrogens (tertiary/aromatic N) is 1. The van der Waals surface area contributed by atoms with Gasteiger partial charge in [-0.15, -0.1) is 11.3 Å². The van der Waals surface area contributed by atoms with Crippen molar-refractivity contribution in [3.05, 3.63) is 15.6 Å². The number of thiazole rings is 1. The van der Waals surface area contributed by atoms with Gasteiger partial charge in [0, 0.05) is 19.4 Å². The molecule has 2 rings (SSSR count). The molecule has 15 heavy (non-hydrogen) atoms. The van der Waals surface area contributed by atoms with E-state index in [9.17, 15) is 4.79 Å². The predicted molar refractivity (Wildman–Crippen MR) is 56.6 cm³/mol. The molecule has 0 atom stereocenters. The molecule has 1 heterocycles. The molecular formula is C10H13NO3S. The van der Waals surface area contributed by atoms with Crippen molar-refractivity contribution in [2.45, 2.75) is 25.2 Å². The third-order valence-corrected chi connectivity index (χ3v) is 3.49. The smallest absolute Gasteiger partial charge is 0.347 e. The van der Waals surface area contributed by atoms with Gasteiger partial charge >= 0.3 is 5.97 Å². The van der Waals surface area contributed by atoms with Crippen LogP contribution in [0.5, 0.6) is 0 Å². The Balaban J connectivity index is 2.19. The molecule has 0 aromatic carbocycles. The number of aromatic carboxylic acids is 1. The number of methoxy groups -OCH3 is 1. The first-order valence-electron chi connectivity index (χ1n) is 4.94. The van der Waals surface area contributed by atoms with E-state index in [1.165, 1.54) is 11.3 Å². The molecule has 1 fully saturated rings. The molecule has 0 unspecified atom stereocenters. The standard InChI is InChI=1S/C10H13NO3S/c1-14-5-4-7-11-8(6-2-3-6)9(15-7)10(12)13/h6H,2-5H2,1H3,(H,12,13). The molecule has 1 aliphatic carbocycles. The van der Waals surface area contributed by atoms with Crippen molar-refractivity contribution in [3.8, 4) is 0 Å². The van der Waals surface area contributed by atoms with Gasteiger partial charge in [-0.3, -0.25) is 0 Å². The largest absolute Gasteiger partial charge is 0.477 e. The maximum atomic E-state index is 11.0. The van der Waals surface area contributed by atoms with Gasteiger partial charge in [0.05, 0.1) is 17.3 Å². The maximum absolute atomic E-state index is 11.0. The third-order valence-electron chi connectivity index (χ3n) is 2.38. The van der Waals surface area contributed by atoms with E-state index in [0.29, 0.717) is 23.8 Å². The average Bonchev–Trinajstić information content (AvgIpc) is 2.95. The highest BCUT2D eigenvalue weighted by molar-refractivity contribution is 7.13. The van der Waals surface area contributed by atoms with E-state index < -0.39 is 5.97 Å². The van der Waals surface area contributed by atoms with Crippen molar-refractivity contribution in [1.29, 1.82) is 0 Å². The lowest BCUT2D eigenvalue weighted by Crippen LogP contribution is -1.97. The zero-order valence-electron chi connectivity index (χ0n) is 8.52. The van der Waals surface area contributed by atoms with Crippen molar-refractivity contribution in [2.75, 3.05) is 13.7 Å². The fourth-order valence-electron chi connectivity index (χ4n) is 1.46. The third kappa shape index (κ3) is 2.35. The first-order valence-corrected chi connectivity index (χ1v) is 5.76. The molecule has 1 saturated carbocycles. The van der Waals surface area contributed by atoms with E-state index in [1.54, 1.807) is 7.11 Å². The van der Waals surface area contributed by atoms with Gasteiger partial charge in [-0.2, -0.15) is 0 Å². The van der Waals surface area contributed by atoms with Gasteiger partial charge in [-0.05, 0) is 12.8 Å². The zero-order valence-corrected chi connectivity index (χ0v) is 9.34. The van der Waals surface area contributed by atoms with Crippen molar-refractivity contribution in [3.63, 3.8) is 0 Å². The summed E-state index contributed by atoms with van der Waals surface area (Å²) in [5.74, 6) is -0.457. The Labute approximate surface area is 91.9 Å². The summed E-state index contributed by atoms with van der Waals surface area (Å²) in [6, 6.07) is 0. The van der Waals surface area contributed by atoms with Crippen LogP contribution in [-0.2, 0) is 11.2 Å². The van der Waals surface area contributed by atoms with Crippen LogP contribution in [0.1, 0.15) is 39.1 Å². The van der Waals surface area contributed by atoms with Gasteiger partial charge in [0.25, 0.3) is 0 Å². The van der Waals surface area contributed by atoms with E-state index in [-0.39, 0.29) is 0 Å². The lowest BCUT2D eigenvalue weighted by molar-refractivity contribution is 0.0700. The molecule has 1 aliphatic rings. The zero-order chi connectivity index (χ0) is 10.8. The predicted octanol–water partition coefficient (Wildman–Crippen LogP) is 1.91. The maximum Gasteiger partial charge on any atom is 0.347 e. The quantitative estimate of drug-likeness (QED) is 0.834. The number of hydrogen-bond donors (Lipinski definition) is 1. The van der Waals surface area contributed by atoms with Crippen LogP contribution in [0.3, 0.4) is 0 Å². The molecule has 4 nitrogen and oxygen atoms in total. The summed E-state index contributed by atoms with van der Waals surface area (Å²) in [6.45, 7) is 0.594. The molecule has 5 heteroatoms. The molecule has 1 N–H and O–H groups in total. The fourth-order valence-corrected chi connectivity index (χ4v) is 2.43.